The van der Waals surface area contributed by atoms with Crippen LogP contribution < -0.4 is 5.32 Å². The van der Waals surface area contributed by atoms with Gasteiger partial charge in [0.2, 0.25) is 0 Å². The van der Waals surface area contributed by atoms with E-state index in [4.69, 9.17) is 16.3 Å². The monoisotopic (exact) mass is 349 g/mol. The highest BCUT2D eigenvalue weighted by atomic mass is 35.5. The molecule has 0 saturated carbocycles. The molecule has 23 heavy (non-hydrogen) atoms. The number of benzene rings is 2. The highest BCUT2D eigenvalue weighted by Crippen LogP contribution is 2.20. The van der Waals surface area contributed by atoms with Crippen LogP contribution in [0.5, 0.6) is 0 Å². The number of hydrogen-bond acceptors (Lipinski definition) is 4. The van der Waals surface area contributed by atoms with Crippen molar-refractivity contribution < 1.29 is 9.53 Å². The summed E-state index contributed by atoms with van der Waals surface area (Å²) in [6, 6.07) is 17.6. The van der Waals surface area contributed by atoms with Gasteiger partial charge in [-0.1, -0.05) is 41.9 Å². The van der Waals surface area contributed by atoms with Gasteiger partial charge in [-0.2, -0.15) is 0 Å². The van der Waals surface area contributed by atoms with Crippen LogP contribution in [-0.2, 0) is 16.1 Å². The van der Waals surface area contributed by atoms with Crippen LogP contribution >= 0.6 is 23.4 Å². The first kappa shape index (κ1) is 17.9. The van der Waals surface area contributed by atoms with Gasteiger partial charge in [-0.3, -0.25) is 4.79 Å². The molecule has 1 N–H and O–H groups in total. The van der Waals surface area contributed by atoms with Crippen molar-refractivity contribution in [2.45, 2.75) is 24.5 Å². The van der Waals surface area contributed by atoms with E-state index < -0.39 is 0 Å². The van der Waals surface area contributed by atoms with Gasteiger partial charge >= 0.3 is 5.97 Å². The summed E-state index contributed by atoms with van der Waals surface area (Å²) >= 11 is 7.59. The molecule has 0 spiro atoms. The quantitative estimate of drug-likeness (QED) is 0.574. The smallest absolute Gasteiger partial charge is 0.320 e. The average molecular weight is 350 g/mol. The van der Waals surface area contributed by atoms with Crippen LogP contribution in [0.1, 0.15) is 12.5 Å². The number of esters is 1. The summed E-state index contributed by atoms with van der Waals surface area (Å²) < 4.78 is 5.23. The zero-order valence-corrected chi connectivity index (χ0v) is 14.6. The van der Waals surface area contributed by atoms with Crippen molar-refractivity contribution in [1.82, 2.24) is 5.32 Å². The SMILES string of the molecule is C[C@@H](CSc1ccc(Cl)cc1)NCC(=O)OCc1ccccc1. The highest BCUT2D eigenvalue weighted by molar-refractivity contribution is 7.99. The fourth-order valence-corrected chi connectivity index (χ4v) is 2.87. The summed E-state index contributed by atoms with van der Waals surface area (Å²) in [5.41, 5.74) is 0.993. The molecule has 1 atom stereocenters. The van der Waals surface area contributed by atoms with E-state index in [9.17, 15) is 4.79 Å². The Kier molecular flexibility index (Phi) is 7.46. The molecule has 0 aliphatic rings. The first-order valence-electron chi connectivity index (χ1n) is 7.45. The molecule has 0 unspecified atom stereocenters. The summed E-state index contributed by atoms with van der Waals surface area (Å²) in [6.07, 6.45) is 0. The number of halogens is 1. The van der Waals surface area contributed by atoms with E-state index in [-0.39, 0.29) is 18.6 Å². The molecule has 2 rings (SSSR count). The van der Waals surface area contributed by atoms with E-state index in [1.165, 1.54) is 0 Å². The van der Waals surface area contributed by atoms with Crippen molar-refractivity contribution >= 4 is 29.3 Å². The number of ether oxygens (including phenoxy) is 1. The van der Waals surface area contributed by atoms with Gasteiger partial charge in [0.05, 0.1) is 6.54 Å². The second-order valence-corrected chi connectivity index (χ2v) is 6.72. The molecule has 0 aromatic heterocycles. The highest BCUT2D eigenvalue weighted by Gasteiger charge is 2.07. The van der Waals surface area contributed by atoms with E-state index >= 15 is 0 Å². The second-order valence-electron chi connectivity index (χ2n) is 5.19. The van der Waals surface area contributed by atoms with E-state index in [1.54, 1.807) is 11.8 Å². The molecule has 5 heteroatoms. The van der Waals surface area contributed by atoms with Gasteiger partial charge in [-0.15, -0.1) is 11.8 Å². The summed E-state index contributed by atoms with van der Waals surface area (Å²) in [5, 5.41) is 3.92. The van der Waals surface area contributed by atoms with Crippen LogP contribution in [0.2, 0.25) is 5.02 Å². The summed E-state index contributed by atoms with van der Waals surface area (Å²) in [7, 11) is 0. The van der Waals surface area contributed by atoms with E-state index in [2.05, 4.69) is 5.32 Å². The Morgan fingerprint density at radius 1 is 1.17 bits per heavy atom. The fourth-order valence-electron chi connectivity index (χ4n) is 1.86. The maximum Gasteiger partial charge on any atom is 0.320 e. The molecule has 122 valence electrons. The molecule has 0 saturated heterocycles. The van der Waals surface area contributed by atoms with Gasteiger partial charge in [0.1, 0.15) is 6.61 Å². The molecule has 0 heterocycles. The molecule has 0 radical (unpaired) electrons. The van der Waals surface area contributed by atoms with Crippen LogP contribution in [0.3, 0.4) is 0 Å². The maximum absolute atomic E-state index is 11.7. The zero-order valence-electron chi connectivity index (χ0n) is 13.0. The maximum atomic E-state index is 11.7. The predicted octanol–water partition coefficient (Wildman–Crippen LogP) is 4.15. The van der Waals surface area contributed by atoms with Crippen molar-refractivity contribution in [2.24, 2.45) is 0 Å². The van der Waals surface area contributed by atoms with Crippen LogP contribution in [0, 0.1) is 0 Å². The topological polar surface area (TPSA) is 38.3 Å². The van der Waals surface area contributed by atoms with Gasteiger partial charge in [0.15, 0.2) is 0 Å². The molecular formula is C18H20ClNO2S. The van der Waals surface area contributed by atoms with Crippen LogP contribution in [-0.4, -0.2) is 24.3 Å². The van der Waals surface area contributed by atoms with Crippen molar-refractivity contribution in [3.8, 4) is 0 Å². The van der Waals surface area contributed by atoms with E-state index in [0.29, 0.717) is 6.61 Å². The van der Waals surface area contributed by atoms with Crippen molar-refractivity contribution in [1.29, 1.82) is 0 Å². The van der Waals surface area contributed by atoms with Gasteiger partial charge < -0.3 is 10.1 Å². The Balaban J connectivity index is 1.62. The molecule has 0 amide bonds. The lowest BCUT2D eigenvalue weighted by molar-refractivity contribution is -0.143. The van der Waals surface area contributed by atoms with Crippen molar-refractivity contribution in [3.05, 3.63) is 65.2 Å². The fraction of sp³-hybridized carbons (Fsp3) is 0.278. The van der Waals surface area contributed by atoms with Crippen molar-refractivity contribution in [2.75, 3.05) is 12.3 Å². The van der Waals surface area contributed by atoms with Crippen LogP contribution in [0.4, 0.5) is 0 Å². The molecule has 0 bridgehead atoms. The van der Waals surface area contributed by atoms with Crippen molar-refractivity contribution in [3.63, 3.8) is 0 Å². The summed E-state index contributed by atoms with van der Waals surface area (Å²) in [6.45, 7) is 2.58. The third-order valence-electron chi connectivity index (χ3n) is 3.15. The number of thioether (sulfide) groups is 1. The first-order chi connectivity index (χ1) is 11.1. The number of carbonyl (C=O) groups is 1. The van der Waals surface area contributed by atoms with Gasteiger partial charge in [0, 0.05) is 21.7 Å². The summed E-state index contributed by atoms with van der Waals surface area (Å²) in [4.78, 5) is 12.9. The molecule has 0 fully saturated rings. The molecule has 0 aliphatic carbocycles. The second kappa shape index (κ2) is 9.60. The Bertz CT molecular complexity index is 604. The number of rotatable bonds is 8. The molecule has 0 aliphatic heterocycles. The lowest BCUT2D eigenvalue weighted by Crippen LogP contribution is -2.33. The van der Waals surface area contributed by atoms with E-state index in [1.807, 2.05) is 61.5 Å². The van der Waals surface area contributed by atoms with Crippen LogP contribution in [0.15, 0.2) is 59.5 Å². The Morgan fingerprint density at radius 2 is 1.87 bits per heavy atom. The minimum atomic E-state index is -0.239. The third-order valence-corrected chi connectivity index (χ3v) is 4.68. The summed E-state index contributed by atoms with van der Waals surface area (Å²) in [5.74, 6) is 0.630. The molecular weight excluding hydrogens is 330 g/mol. The minimum Gasteiger partial charge on any atom is -0.460 e. The molecule has 2 aromatic rings. The number of nitrogens with one attached hydrogen (secondary N) is 1. The van der Waals surface area contributed by atoms with Gasteiger partial charge in [-0.05, 0) is 36.8 Å². The number of carbonyl (C=O) groups excluding carboxylic acids is 1. The Labute approximate surface area is 146 Å². The lowest BCUT2D eigenvalue weighted by Gasteiger charge is -2.13. The number of hydrogen-bond donors (Lipinski definition) is 1. The van der Waals surface area contributed by atoms with E-state index in [0.717, 1.165) is 21.2 Å². The average Bonchev–Trinajstić information content (AvgIpc) is 2.58. The molecule has 3 nitrogen and oxygen atoms in total. The Hall–Kier alpha value is -1.49. The Morgan fingerprint density at radius 3 is 2.57 bits per heavy atom. The normalized spacial score (nSPS) is 11.9. The zero-order chi connectivity index (χ0) is 16.5. The largest absolute Gasteiger partial charge is 0.460 e. The molecule has 2 aromatic carbocycles. The van der Waals surface area contributed by atoms with Crippen LogP contribution in [0.25, 0.3) is 0 Å². The first-order valence-corrected chi connectivity index (χ1v) is 8.81. The predicted molar refractivity (Wildman–Crippen MR) is 95.9 cm³/mol. The minimum absolute atomic E-state index is 0.208. The third kappa shape index (κ3) is 7.08. The standard InChI is InChI=1S/C18H20ClNO2S/c1-14(13-23-17-9-7-16(19)8-10-17)20-11-18(21)22-12-15-5-3-2-4-6-15/h2-10,14,20H,11-13H2,1H3/t14-/m0/s1. The van der Waals surface area contributed by atoms with Gasteiger partial charge in [0.25, 0.3) is 0 Å². The lowest BCUT2D eigenvalue weighted by atomic mass is 10.2. The van der Waals surface area contributed by atoms with Gasteiger partial charge in [-0.25, -0.2) is 0 Å².